The van der Waals surface area contributed by atoms with Crippen LogP contribution in [0.3, 0.4) is 0 Å². The molecule has 2 aliphatic heterocycles. The monoisotopic (exact) mass is 326 g/mol. The van der Waals surface area contributed by atoms with Crippen molar-refractivity contribution in [3.8, 4) is 0 Å². The molecule has 3 heterocycles. The number of anilines is 1. The summed E-state index contributed by atoms with van der Waals surface area (Å²) in [5.74, 6) is 0.682. The Balaban J connectivity index is 1.44. The highest BCUT2D eigenvalue weighted by molar-refractivity contribution is 5.30. The fourth-order valence-electron chi connectivity index (χ4n) is 4.19. The molecule has 5 heteroatoms. The number of halogens is 1. The van der Waals surface area contributed by atoms with Crippen LogP contribution in [0, 0.1) is 5.82 Å². The van der Waals surface area contributed by atoms with Crippen molar-refractivity contribution in [2.45, 2.75) is 37.8 Å². The van der Waals surface area contributed by atoms with E-state index in [1.54, 1.807) is 12.1 Å². The van der Waals surface area contributed by atoms with Crippen LogP contribution in [0.2, 0.25) is 0 Å². The van der Waals surface area contributed by atoms with E-state index in [1.165, 1.54) is 18.4 Å². The summed E-state index contributed by atoms with van der Waals surface area (Å²) in [7, 11) is 0. The summed E-state index contributed by atoms with van der Waals surface area (Å²) in [6.07, 6.45) is 8.42. The van der Waals surface area contributed by atoms with Gasteiger partial charge in [0.2, 0.25) is 5.95 Å². The number of rotatable bonds is 3. The third-order valence-electron chi connectivity index (χ3n) is 5.56. The lowest BCUT2D eigenvalue weighted by Gasteiger charge is -2.45. The fourth-order valence-corrected chi connectivity index (χ4v) is 4.19. The van der Waals surface area contributed by atoms with Crippen molar-refractivity contribution in [2.24, 2.45) is 0 Å². The van der Waals surface area contributed by atoms with Crippen LogP contribution in [0.25, 0.3) is 0 Å². The molecule has 2 aliphatic rings. The normalized spacial score (nSPS) is 20.6. The van der Waals surface area contributed by atoms with Crippen LogP contribution < -0.4 is 4.90 Å². The number of nitrogens with zero attached hydrogens (tertiary/aromatic N) is 4. The largest absolute Gasteiger partial charge is 0.341 e. The van der Waals surface area contributed by atoms with E-state index in [0.29, 0.717) is 5.54 Å². The van der Waals surface area contributed by atoms with Crippen molar-refractivity contribution in [2.75, 3.05) is 24.5 Å². The van der Waals surface area contributed by atoms with Crippen molar-refractivity contribution in [1.29, 1.82) is 0 Å². The standard InChI is InChI=1S/C19H23FN4/c20-17-5-3-16(4-6-17)15-24-12-1-7-19(24)8-13-23(14-9-19)18-21-10-2-11-22-18/h2-6,10-11H,1,7-9,12-15H2. The van der Waals surface area contributed by atoms with Gasteiger partial charge in [-0.15, -0.1) is 0 Å². The highest BCUT2D eigenvalue weighted by Crippen LogP contribution is 2.39. The highest BCUT2D eigenvalue weighted by Gasteiger charge is 2.43. The molecule has 2 aromatic rings. The van der Waals surface area contributed by atoms with Crippen LogP contribution >= 0.6 is 0 Å². The minimum absolute atomic E-state index is 0.161. The van der Waals surface area contributed by atoms with E-state index in [2.05, 4.69) is 19.8 Å². The maximum Gasteiger partial charge on any atom is 0.225 e. The molecule has 0 radical (unpaired) electrons. The summed E-state index contributed by atoms with van der Waals surface area (Å²) >= 11 is 0. The third-order valence-corrected chi connectivity index (χ3v) is 5.56. The number of likely N-dealkylation sites (tertiary alicyclic amines) is 1. The Labute approximate surface area is 142 Å². The molecule has 1 aromatic carbocycles. The van der Waals surface area contributed by atoms with E-state index in [1.807, 2.05) is 30.6 Å². The van der Waals surface area contributed by atoms with Crippen molar-refractivity contribution in [3.05, 3.63) is 54.1 Å². The lowest BCUT2D eigenvalue weighted by molar-refractivity contribution is 0.0994. The third kappa shape index (κ3) is 3.00. The minimum Gasteiger partial charge on any atom is -0.341 e. The molecular weight excluding hydrogens is 303 g/mol. The highest BCUT2D eigenvalue weighted by atomic mass is 19.1. The van der Waals surface area contributed by atoms with Gasteiger partial charge in [0.25, 0.3) is 0 Å². The van der Waals surface area contributed by atoms with Gasteiger partial charge in [0, 0.05) is 37.6 Å². The second-order valence-corrected chi connectivity index (χ2v) is 6.91. The van der Waals surface area contributed by atoms with E-state index in [-0.39, 0.29) is 5.82 Å². The molecule has 24 heavy (non-hydrogen) atoms. The summed E-state index contributed by atoms with van der Waals surface area (Å²) in [6.45, 7) is 4.06. The predicted molar refractivity (Wildman–Crippen MR) is 92.3 cm³/mol. The Kier molecular flexibility index (Phi) is 4.19. The van der Waals surface area contributed by atoms with Gasteiger partial charge in [-0.25, -0.2) is 14.4 Å². The molecule has 0 bridgehead atoms. The quantitative estimate of drug-likeness (QED) is 0.867. The summed E-state index contributed by atoms with van der Waals surface area (Å²) in [6, 6.07) is 8.81. The van der Waals surface area contributed by atoms with Gasteiger partial charge in [-0.05, 0) is 56.0 Å². The average molecular weight is 326 g/mol. The number of hydrogen-bond acceptors (Lipinski definition) is 4. The van der Waals surface area contributed by atoms with Crippen LogP contribution in [0.4, 0.5) is 10.3 Å². The smallest absolute Gasteiger partial charge is 0.225 e. The SMILES string of the molecule is Fc1ccc(CN2CCCC23CCN(c2ncccn2)CC3)cc1. The summed E-state index contributed by atoms with van der Waals surface area (Å²) in [4.78, 5) is 13.7. The van der Waals surface area contributed by atoms with Crippen molar-refractivity contribution in [1.82, 2.24) is 14.9 Å². The van der Waals surface area contributed by atoms with Gasteiger partial charge in [0.1, 0.15) is 5.82 Å². The Morgan fingerprint density at radius 1 is 0.958 bits per heavy atom. The number of hydrogen-bond donors (Lipinski definition) is 0. The van der Waals surface area contributed by atoms with Gasteiger partial charge >= 0.3 is 0 Å². The maximum atomic E-state index is 13.1. The van der Waals surface area contributed by atoms with Gasteiger partial charge in [0.05, 0.1) is 0 Å². The Morgan fingerprint density at radius 3 is 2.38 bits per heavy atom. The second kappa shape index (κ2) is 6.48. The van der Waals surface area contributed by atoms with Crippen LogP contribution in [-0.4, -0.2) is 40.0 Å². The molecule has 2 fully saturated rings. The molecule has 0 saturated carbocycles. The van der Waals surface area contributed by atoms with E-state index in [0.717, 1.165) is 45.0 Å². The van der Waals surface area contributed by atoms with E-state index >= 15 is 0 Å². The Hall–Kier alpha value is -2.01. The molecular formula is C19H23FN4. The first-order valence-electron chi connectivity index (χ1n) is 8.77. The second-order valence-electron chi connectivity index (χ2n) is 6.91. The van der Waals surface area contributed by atoms with Gasteiger partial charge in [-0.2, -0.15) is 0 Å². The zero-order valence-corrected chi connectivity index (χ0v) is 13.9. The molecule has 0 amide bonds. The van der Waals surface area contributed by atoms with E-state index < -0.39 is 0 Å². The molecule has 0 aliphatic carbocycles. The van der Waals surface area contributed by atoms with Gasteiger partial charge < -0.3 is 4.90 Å². The van der Waals surface area contributed by atoms with Crippen molar-refractivity contribution in [3.63, 3.8) is 0 Å². The minimum atomic E-state index is -0.161. The van der Waals surface area contributed by atoms with Crippen LogP contribution in [0.15, 0.2) is 42.7 Å². The van der Waals surface area contributed by atoms with Gasteiger partial charge in [-0.1, -0.05) is 12.1 Å². The van der Waals surface area contributed by atoms with E-state index in [9.17, 15) is 4.39 Å². The topological polar surface area (TPSA) is 32.3 Å². The molecule has 4 nitrogen and oxygen atoms in total. The lowest BCUT2D eigenvalue weighted by Crippen LogP contribution is -2.52. The average Bonchev–Trinajstić information content (AvgIpc) is 3.00. The van der Waals surface area contributed by atoms with Gasteiger partial charge in [0.15, 0.2) is 0 Å². The van der Waals surface area contributed by atoms with E-state index in [4.69, 9.17) is 0 Å². The van der Waals surface area contributed by atoms with Gasteiger partial charge in [-0.3, -0.25) is 4.90 Å². The molecule has 0 atom stereocenters. The molecule has 1 spiro atoms. The molecule has 0 unspecified atom stereocenters. The molecule has 1 aromatic heterocycles. The zero-order valence-electron chi connectivity index (χ0n) is 13.9. The molecule has 4 rings (SSSR count). The first kappa shape index (κ1) is 15.5. The number of benzene rings is 1. The first-order chi connectivity index (χ1) is 11.8. The van der Waals surface area contributed by atoms with Crippen LogP contribution in [0.1, 0.15) is 31.2 Å². The fraction of sp³-hybridized carbons (Fsp3) is 0.474. The Bertz CT molecular complexity index is 666. The molecule has 0 N–H and O–H groups in total. The number of aromatic nitrogens is 2. The first-order valence-corrected chi connectivity index (χ1v) is 8.77. The van der Waals surface area contributed by atoms with Crippen molar-refractivity contribution < 1.29 is 4.39 Å². The maximum absolute atomic E-state index is 13.1. The molecule has 2 saturated heterocycles. The van der Waals surface area contributed by atoms with Crippen LogP contribution in [-0.2, 0) is 6.54 Å². The van der Waals surface area contributed by atoms with Crippen LogP contribution in [0.5, 0.6) is 0 Å². The summed E-state index contributed by atoms with van der Waals surface area (Å²) in [5.41, 5.74) is 1.49. The Morgan fingerprint density at radius 2 is 1.67 bits per heavy atom. The summed E-state index contributed by atoms with van der Waals surface area (Å²) < 4.78 is 13.1. The number of piperidine rings is 1. The molecule has 126 valence electrons. The predicted octanol–water partition coefficient (Wildman–Crippen LogP) is 3.25. The van der Waals surface area contributed by atoms with Crippen molar-refractivity contribution >= 4 is 5.95 Å². The zero-order chi connectivity index (χ0) is 16.4. The lowest BCUT2D eigenvalue weighted by atomic mass is 9.85. The summed E-state index contributed by atoms with van der Waals surface area (Å²) in [5, 5.41) is 0.